The summed E-state index contributed by atoms with van der Waals surface area (Å²) in [6.07, 6.45) is 2.12. The van der Waals surface area contributed by atoms with E-state index >= 15 is 0 Å². The summed E-state index contributed by atoms with van der Waals surface area (Å²) < 4.78 is 27.3. The van der Waals surface area contributed by atoms with Gasteiger partial charge in [0.2, 0.25) is 10.0 Å². The van der Waals surface area contributed by atoms with Gasteiger partial charge in [-0.3, -0.25) is 0 Å². The Balaban J connectivity index is 1.69. The summed E-state index contributed by atoms with van der Waals surface area (Å²) in [4.78, 5) is 16.4. The minimum absolute atomic E-state index is 0.0521. The zero-order chi connectivity index (χ0) is 17.3. The van der Waals surface area contributed by atoms with Crippen LogP contribution in [0.25, 0.3) is 0 Å². The highest BCUT2D eigenvalue weighted by Gasteiger charge is 2.32. The number of likely N-dealkylation sites (tertiary alicyclic amines) is 1. The van der Waals surface area contributed by atoms with E-state index in [0.717, 1.165) is 37.1 Å². The van der Waals surface area contributed by atoms with E-state index in [4.69, 9.17) is 0 Å². The Morgan fingerprint density at radius 2 is 1.50 bits per heavy atom. The van der Waals surface area contributed by atoms with E-state index in [1.54, 1.807) is 11.0 Å². The van der Waals surface area contributed by atoms with E-state index in [1.165, 1.54) is 4.31 Å². The lowest BCUT2D eigenvalue weighted by Gasteiger charge is -2.36. The van der Waals surface area contributed by atoms with Crippen LogP contribution >= 0.6 is 0 Å². The van der Waals surface area contributed by atoms with E-state index in [2.05, 4.69) is 0 Å². The van der Waals surface area contributed by atoms with Gasteiger partial charge in [0, 0.05) is 39.3 Å². The molecular weight excluding hydrogens is 326 g/mol. The van der Waals surface area contributed by atoms with E-state index in [-0.39, 0.29) is 6.03 Å². The molecule has 2 saturated heterocycles. The zero-order valence-electron chi connectivity index (χ0n) is 14.4. The van der Waals surface area contributed by atoms with Gasteiger partial charge in [-0.25, -0.2) is 13.2 Å². The Labute approximate surface area is 144 Å². The van der Waals surface area contributed by atoms with Gasteiger partial charge in [-0.1, -0.05) is 12.1 Å². The smallest absolute Gasteiger partial charge is 0.320 e. The number of hydrogen-bond donors (Lipinski definition) is 0. The highest BCUT2D eigenvalue weighted by molar-refractivity contribution is 7.89. The Morgan fingerprint density at radius 3 is 2.12 bits per heavy atom. The van der Waals surface area contributed by atoms with Gasteiger partial charge < -0.3 is 9.80 Å². The Kier molecular flexibility index (Phi) is 4.83. The molecule has 0 unspecified atom stereocenters. The molecular formula is C17H25N3O3S. The molecule has 2 amide bonds. The van der Waals surface area contributed by atoms with Gasteiger partial charge in [-0.2, -0.15) is 4.31 Å². The van der Waals surface area contributed by atoms with Crippen molar-refractivity contribution in [1.82, 2.24) is 14.1 Å². The number of carbonyl (C=O) groups excluding carboxylic acids is 1. The predicted octanol–water partition coefficient (Wildman–Crippen LogP) is 1.83. The van der Waals surface area contributed by atoms with Crippen molar-refractivity contribution in [3.05, 3.63) is 29.3 Å². The van der Waals surface area contributed by atoms with Crippen molar-refractivity contribution < 1.29 is 13.2 Å². The molecule has 0 N–H and O–H groups in total. The van der Waals surface area contributed by atoms with Crippen LogP contribution in [0.3, 0.4) is 0 Å². The molecule has 24 heavy (non-hydrogen) atoms. The zero-order valence-corrected chi connectivity index (χ0v) is 15.2. The number of carbonyl (C=O) groups is 1. The molecule has 1 aromatic rings. The van der Waals surface area contributed by atoms with E-state index in [0.29, 0.717) is 31.1 Å². The number of urea groups is 1. The van der Waals surface area contributed by atoms with Crippen LogP contribution in [0.5, 0.6) is 0 Å². The molecule has 7 heteroatoms. The summed E-state index contributed by atoms with van der Waals surface area (Å²) in [7, 11) is -3.50. The number of benzene rings is 1. The molecule has 0 radical (unpaired) electrons. The molecule has 2 heterocycles. The van der Waals surface area contributed by atoms with Crippen LogP contribution in [0.4, 0.5) is 4.79 Å². The monoisotopic (exact) mass is 351 g/mol. The highest BCUT2D eigenvalue weighted by atomic mass is 32.2. The maximum Gasteiger partial charge on any atom is 0.320 e. The summed E-state index contributed by atoms with van der Waals surface area (Å²) in [6, 6.07) is 5.54. The number of amides is 2. The van der Waals surface area contributed by atoms with Crippen LogP contribution in [0.1, 0.15) is 24.0 Å². The fourth-order valence-electron chi connectivity index (χ4n) is 3.35. The van der Waals surface area contributed by atoms with Gasteiger partial charge in [0.1, 0.15) is 0 Å². The molecule has 132 valence electrons. The highest BCUT2D eigenvalue weighted by Crippen LogP contribution is 2.23. The summed E-state index contributed by atoms with van der Waals surface area (Å²) >= 11 is 0. The third kappa shape index (κ3) is 3.28. The maximum absolute atomic E-state index is 12.9. The lowest BCUT2D eigenvalue weighted by molar-refractivity contribution is 0.142. The van der Waals surface area contributed by atoms with Gasteiger partial charge in [-0.15, -0.1) is 0 Å². The number of hydrogen-bond acceptors (Lipinski definition) is 3. The molecule has 1 aromatic carbocycles. The molecule has 2 aliphatic rings. The standard InChI is InChI=1S/C17H25N3O3S/c1-14-5-6-15(2)16(13-14)24(22,23)20-11-9-19(10-12-20)17(21)18-7-3-4-8-18/h5-6,13H,3-4,7-12H2,1-2H3. The van der Waals surface area contributed by atoms with E-state index in [1.807, 2.05) is 30.9 Å². The lowest BCUT2D eigenvalue weighted by atomic mass is 10.2. The minimum Gasteiger partial charge on any atom is -0.325 e. The average Bonchev–Trinajstić information content (AvgIpc) is 3.11. The third-order valence-electron chi connectivity index (χ3n) is 4.85. The normalized spacial score (nSPS) is 19.8. The first kappa shape index (κ1) is 17.2. The Bertz CT molecular complexity index is 719. The van der Waals surface area contributed by atoms with Crippen molar-refractivity contribution in [1.29, 1.82) is 0 Å². The SMILES string of the molecule is Cc1ccc(C)c(S(=O)(=O)N2CCN(C(=O)N3CCCC3)CC2)c1. The van der Waals surface area contributed by atoms with Gasteiger partial charge >= 0.3 is 6.03 Å². The Hall–Kier alpha value is -1.60. The van der Waals surface area contributed by atoms with Crippen molar-refractivity contribution in [2.24, 2.45) is 0 Å². The second-order valence-corrected chi connectivity index (χ2v) is 8.54. The van der Waals surface area contributed by atoms with E-state index < -0.39 is 10.0 Å². The molecule has 0 saturated carbocycles. The van der Waals surface area contributed by atoms with Crippen molar-refractivity contribution >= 4 is 16.1 Å². The second-order valence-electron chi connectivity index (χ2n) is 6.64. The number of nitrogens with zero attached hydrogens (tertiary/aromatic N) is 3. The third-order valence-corrected chi connectivity index (χ3v) is 6.89. The summed E-state index contributed by atoms with van der Waals surface area (Å²) in [6.45, 7) is 6.98. The first-order valence-electron chi connectivity index (χ1n) is 8.51. The summed E-state index contributed by atoms with van der Waals surface area (Å²) in [5.74, 6) is 0. The van der Waals surface area contributed by atoms with Crippen molar-refractivity contribution in [2.75, 3.05) is 39.3 Å². The van der Waals surface area contributed by atoms with Gasteiger partial charge in [0.05, 0.1) is 4.90 Å². The maximum atomic E-state index is 12.9. The van der Waals surface area contributed by atoms with Crippen LogP contribution in [0, 0.1) is 13.8 Å². The first-order chi connectivity index (χ1) is 11.4. The molecule has 2 aliphatic heterocycles. The van der Waals surface area contributed by atoms with Crippen LogP contribution in [-0.2, 0) is 10.0 Å². The number of sulfonamides is 1. The van der Waals surface area contributed by atoms with Gasteiger partial charge in [0.25, 0.3) is 0 Å². The molecule has 0 aliphatic carbocycles. The Morgan fingerprint density at radius 1 is 0.917 bits per heavy atom. The van der Waals surface area contributed by atoms with Gasteiger partial charge in [-0.05, 0) is 43.9 Å². The van der Waals surface area contributed by atoms with Crippen LogP contribution < -0.4 is 0 Å². The first-order valence-corrected chi connectivity index (χ1v) is 9.95. The lowest BCUT2D eigenvalue weighted by Crippen LogP contribution is -2.53. The minimum atomic E-state index is -3.50. The largest absolute Gasteiger partial charge is 0.325 e. The van der Waals surface area contributed by atoms with E-state index in [9.17, 15) is 13.2 Å². The molecule has 3 rings (SSSR count). The quantitative estimate of drug-likeness (QED) is 0.817. The molecule has 0 spiro atoms. The fraction of sp³-hybridized carbons (Fsp3) is 0.588. The second kappa shape index (κ2) is 6.72. The predicted molar refractivity (Wildman–Crippen MR) is 92.5 cm³/mol. The molecule has 0 bridgehead atoms. The molecule has 0 aromatic heterocycles. The van der Waals surface area contributed by atoms with Crippen LogP contribution in [0.2, 0.25) is 0 Å². The van der Waals surface area contributed by atoms with Crippen molar-refractivity contribution in [3.63, 3.8) is 0 Å². The van der Waals surface area contributed by atoms with Crippen LogP contribution in [0.15, 0.2) is 23.1 Å². The molecule has 0 atom stereocenters. The molecule has 6 nitrogen and oxygen atoms in total. The summed E-state index contributed by atoms with van der Waals surface area (Å²) in [5.41, 5.74) is 1.69. The van der Waals surface area contributed by atoms with Crippen molar-refractivity contribution in [2.45, 2.75) is 31.6 Å². The fourth-order valence-corrected chi connectivity index (χ4v) is 5.08. The number of aryl methyl sites for hydroxylation is 2. The molecule has 2 fully saturated rings. The topological polar surface area (TPSA) is 60.9 Å². The summed E-state index contributed by atoms with van der Waals surface area (Å²) in [5, 5.41) is 0. The van der Waals surface area contributed by atoms with Gasteiger partial charge in [0.15, 0.2) is 0 Å². The van der Waals surface area contributed by atoms with Crippen molar-refractivity contribution in [3.8, 4) is 0 Å². The van der Waals surface area contributed by atoms with Crippen LogP contribution in [-0.4, -0.2) is 67.8 Å². The number of rotatable bonds is 2. The number of piperazine rings is 1. The average molecular weight is 351 g/mol.